The Morgan fingerprint density at radius 2 is 1.80 bits per heavy atom. The first-order valence-electron chi connectivity index (χ1n) is 6.01. The molecule has 0 saturated heterocycles. The van der Waals surface area contributed by atoms with Gasteiger partial charge in [-0.05, 0) is 39.2 Å². The van der Waals surface area contributed by atoms with Crippen LogP contribution >= 0.6 is 37.2 Å². The minimum atomic E-state index is 0. The molecule has 0 aliphatic rings. The van der Waals surface area contributed by atoms with Gasteiger partial charge in [-0.25, -0.2) is 4.98 Å². The lowest BCUT2D eigenvalue weighted by atomic mass is 10.3. The Labute approximate surface area is 139 Å². The third-order valence-corrected chi connectivity index (χ3v) is 2.90. The summed E-state index contributed by atoms with van der Waals surface area (Å²) in [6, 6.07) is 8.21. The van der Waals surface area contributed by atoms with Crippen molar-refractivity contribution in [2.45, 2.75) is 19.5 Å². The lowest BCUT2D eigenvalue weighted by Gasteiger charge is -2.11. The van der Waals surface area contributed by atoms with Crippen LogP contribution in [-0.2, 0) is 13.1 Å². The minimum absolute atomic E-state index is 0. The van der Waals surface area contributed by atoms with E-state index in [0.29, 0.717) is 6.54 Å². The smallest absolute Gasteiger partial charge is 0.123 e. The van der Waals surface area contributed by atoms with E-state index in [4.69, 9.17) is 5.73 Å². The molecule has 0 fully saturated rings. The maximum atomic E-state index is 5.75. The van der Waals surface area contributed by atoms with E-state index < -0.39 is 0 Å². The number of para-hydroxylation sites is 2. The SMILES string of the molecule is CN(C)CCCn1c(CN)nc2ccccc21.Cl.Cl.Cl. The Morgan fingerprint density at radius 1 is 1.15 bits per heavy atom. The summed E-state index contributed by atoms with van der Waals surface area (Å²) in [5.74, 6) is 0.977. The third kappa shape index (κ3) is 5.11. The Balaban J connectivity index is 0. The van der Waals surface area contributed by atoms with Crippen molar-refractivity contribution < 1.29 is 0 Å². The van der Waals surface area contributed by atoms with Gasteiger partial charge in [-0.1, -0.05) is 12.1 Å². The number of fused-ring (bicyclic) bond motifs is 1. The van der Waals surface area contributed by atoms with Gasteiger partial charge in [-0.2, -0.15) is 0 Å². The Morgan fingerprint density at radius 3 is 2.40 bits per heavy atom. The summed E-state index contributed by atoms with van der Waals surface area (Å²) in [6.07, 6.45) is 1.11. The molecule has 0 aliphatic carbocycles. The number of imidazole rings is 1. The van der Waals surface area contributed by atoms with Crippen molar-refractivity contribution in [1.82, 2.24) is 14.5 Å². The first kappa shape index (κ1) is 21.8. The van der Waals surface area contributed by atoms with E-state index >= 15 is 0 Å². The van der Waals surface area contributed by atoms with Crippen LogP contribution in [0.25, 0.3) is 11.0 Å². The molecule has 0 saturated carbocycles. The fourth-order valence-corrected chi connectivity index (χ4v) is 2.08. The number of hydrogen-bond acceptors (Lipinski definition) is 3. The number of benzene rings is 1. The zero-order valence-electron chi connectivity index (χ0n) is 11.8. The maximum absolute atomic E-state index is 5.75. The maximum Gasteiger partial charge on any atom is 0.123 e. The van der Waals surface area contributed by atoms with Gasteiger partial charge in [0.1, 0.15) is 5.82 Å². The lowest BCUT2D eigenvalue weighted by molar-refractivity contribution is 0.386. The molecular formula is C13H23Cl3N4. The van der Waals surface area contributed by atoms with Crippen LogP contribution in [0.3, 0.4) is 0 Å². The van der Waals surface area contributed by atoms with Crippen molar-refractivity contribution in [1.29, 1.82) is 0 Å². The molecular weight excluding hydrogens is 319 g/mol. The highest BCUT2D eigenvalue weighted by Crippen LogP contribution is 2.16. The molecule has 1 aromatic carbocycles. The van der Waals surface area contributed by atoms with Crippen molar-refractivity contribution in [3.8, 4) is 0 Å². The molecule has 4 nitrogen and oxygen atoms in total. The van der Waals surface area contributed by atoms with Gasteiger partial charge >= 0.3 is 0 Å². The van der Waals surface area contributed by atoms with Gasteiger partial charge in [0.25, 0.3) is 0 Å². The van der Waals surface area contributed by atoms with Crippen molar-refractivity contribution in [3.05, 3.63) is 30.1 Å². The minimum Gasteiger partial charge on any atom is -0.327 e. The van der Waals surface area contributed by atoms with Crippen molar-refractivity contribution in [2.75, 3.05) is 20.6 Å². The predicted octanol–water partition coefficient (Wildman–Crippen LogP) is 2.71. The number of nitrogens with two attached hydrogens (primary N) is 1. The highest BCUT2D eigenvalue weighted by molar-refractivity contribution is 5.86. The summed E-state index contributed by atoms with van der Waals surface area (Å²) in [4.78, 5) is 6.75. The molecule has 0 spiro atoms. The molecule has 116 valence electrons. The van der Waals surface area contributed by atoms with Crippen molar-refractivity contribution in [2.24, 2.45) is 5.73 Å². The standard InChI is InChI=1S/C13H20N4.3ClH/c1-16(2)8-5-9-17-12-7-4-3-6-11(12)15-13(17)10-14;;;/h3-4,6-7H,5,8-10,14H2,1-2H3;3*1H. The first-order valence-corrected chi connectivity index (χ1v) is 6.01. The molecule has 2 aromatic rings. The second-order valence-corrected chi connectivity index (χ2v) is 4.53. The van der Waals surface area contributed by atoms with Crippen LogP contribution in [0.5, 0.6) is 0 Å². The number of rotatable bonds is 5. The van der Waals surface area contributed by atoms with Gasteiger partial charge in [0, 0.05) is 6.54 Å². The fourth-order valence-electron chi connectivity index (χ4n) is 2.08. The van der Waals surface area contributed by atoms with Gasteiger partial charge in [0.15, 0.2) is 0 Å². The van der Waals surface area contributed by atoms with Gasteiger partial charge in [-0.3, -0.25) is 0 Å². The molecule has 0 atom stereocenters. The molecule has 0 aliphatic heterocycles. The number of nitrogens with zero attached hydrogens (tertiary/aromatic N) is 3. The van der Waals surface area contributed by atoms with Crippen molar-refractivity contribution in [3.63, 3.8) is 0 Å². The number of aromatic nitrogens is 2. The Kier molecular flexibility index (Phi) is 11.1. The average molecular weight is 342 g/mol. The summed E-state index contributed by atoms with van der Waals surface area (Å²) >= 11 is 0. The highest BCUT2D eigenvalue weighted by atomic mass is 35.5. The molecule has 1 heterocycles. The molecule has 0 bridgehead atoms. The van der Waals surface area contributed by atoms with Gasteiger partial charge in [0.05, 0.1) is 17.6 Å². The van der Waals surface area contributed by atoms with Gasteiger partial charge < -0.3 is 15.2 Å². The molecule has 1 aromatic heterocycles. The van der Waals surface area contributed by atoms with Gasteiger partial charge in [-0.15, -0.1) is 37.2 Å². The molecule has 2 rings (SSSR count). The molecule has 0 amide bonds. The fraction of sp³-hybridized carbons (Fsp3) is 0.462. The van der Waals surface area contributed by atoms with E-state index in [2.05, 4.69) is 34.6 Å². The number of hydrogen-bond donors (Lipinski definition) is 1. The highest BCUT2D eigenvalue weighted by Gasteiger charge is 2.08. The monoisotopic (exact) mass is 340 g/mol. The third-order valence-electron chi connectivity index (χ3n) is 2.90. The topological polar surface area (TPSA) is 47.1 Å². The first-order chi connectivity index (χ1) is 8.22. The molecule has 7 heteroatoms. The Hall–Kier alpha value is -0.520. The second-order valence-electron chi connectivity index (χ2n) is 4.53. The molecule has 0 radical (unpaired) electrons. The Bertz CT molecular complexity index is 499. The zero-order valence-corrected chi connectivity index (χ0v) is 14.2. The quantitative estimate of drug-likeness (QED) is 0.909. The number of aryl methyl sites for hydroxylation is 1. The summed E-state index contributed by atoms with van der Waals surface area (Å²) in [6.45, 7) is 2.55. The van der Waals surface area contributed by atoms with Crippen LogP contribution in [0.1, 0.15) is 12.2 Å². The predicted molar refractivity (Wildman–Crippen MR) is 92.5 cm³/mol. The van der Waals surface area contributed by atoms with E-state index in [-0.39, 0.29) is 37.2 Å². The van der Waals surface area contributed by atoms with Crippen LogP contribution in [0.2, 0.25) is 0 Å². The lowest BCUT2D eigenvalue weighted by Crippen LogP contribution is -2.16. The van der Waals surface area contributed by atoms with E-state index in [1.807, 2.05) is 18.2 Å². The van der Waals surface area contributed by atoms with E-state index in [1.165, 1.54) is 5.52 Å². The van der Waals surface area contributed by atoms with Crippen LogP contribution < -0.4 is 5.73 Å². The van der Waals surface area contributed by atoms with Crippen LogP contribution in [0.15, 0.2) is 24.3 Å². The molecule has 2 N–H and O–H groups in total. The van der Waals surface area contributed by atoms with E-state index in [1.54, 1.807) is 0 Å². The van der Waals surface area contributed by atoms with Crippen LogP contribution in [-0.4, -0.2) is 35.1 Å². The van der Waals surface area contributed by atoms with Gasteiger partial charge in [0.2, 0.25) is 0 Å². The molecule has 0 unspecified atom stereocenters. The summed E-state index contributed by atoms with van der Waals surface area (Å²) < 4.78 is 2.23. The summed E-state index contributed by atoms with van der Waals surface area (Å²) in [5, 5.41) is 0. The van der Waals surface area contributed by atoms with E-state index in [0.717, 1.165) is 30.9 Å². The van der Waals surface area contributed by atoms with E-state index in [9.17, 15) is 0 Å². The van der Waals surface area contributed by atoms with Crippen LogP contribution in [0, 0.1) is 0 Å². The normalized spacial score (nSPS) is 9.80. The molecule has 20 heavy (non-hydrogen) atoms. The average Bonchev–Trinajstić information content (AvgIpc) is 2.67. The van der Waals surface area contributed by atoms with Crippen molar-refractivity contribution >= 4 is 48.3 Å². The largest absolute Gasteiger partial charge is 0.327 e. The zero-order chi connectivity index (χ0) is 12.3. The summed E-state index contributed by atoms with van der Waals surface area (Å²) in [5.41, 5.74) is 7.98. The van der Waals surface area contributed by atoms with Crippen LogP contribution in [0.4, 0.5) is 0 Å². The summed E-state index contributed by atoms with van der Waals surface area (Å²) in [7, 11) is 4.19. The second kappa shape index (κ2) is 10.2. The number of halogens is 3.